The third-order valence-electron chi connectivity index (χ3n) is 1.62. The third-order valence-corrected chi connectivity index (χ3v) is 4.87. The second-order valence-electron chi connectivity index (χ2n) is 2.26. The van der Waals surface area contributed by atoms with E-state index in [2.05, 4.69) is 0 Å². The van der Waals surface area contributed by atoms with E-state index in [1.165, 1.54) is 6.08 Å². The van der Waals surface area contributed by atoms with Crippen LogP contribution in [0.15, 0.2) is 21.5 Å². The van der Waals surface area contributed by atoms with E-state index in [0.717, 1.165) is 4.91 Å². The zero-order chi connectivity index (χ0) is 9.84. The first-order valence-electron chi connectivity index (χ1n) is 3.58. The van der Waals surface area contributed by atoms with Gasteiger partial charge in [-0.1, -0.05) is 6.92 Å². The van der Waals surface area contributed by atoms with E-state index >= 15 is 0 Å². The number of nitriles is 2. The fourth-order valence-electron chi connectivity index (χ4n) is 1.07. The van der Waals surface area contributed by atoms with Crippen LogP contribution in [-0.4, -0.2) is 4.21 Å². The van der Waals surface area contributed by atoms with Crippen LogP contribution in [-0.2, 0) is 19.7 Å². The predicted molar refractivity (Wildman–Crippen MR) is 52.1 cm³/mol. The Morgan fingerprint density at radius 2 is 2.23 bits per heavy atom. The van der Waals surface area contributed by atoms with Gasteiger partial charge in [0.25, 0.3) is 0 Å². The van der Waals surface area contributed by atoms with E-state index < -0.39 is 9.45 Å². The van der Waals surface area contributed by atoms with Crippen molar-refractivity contribution < 1.29 is 4.21 Å². The van der Waals surface area contributed by atoms with Gasteiger partial charge in [-0.25, -0.2) is 4.21 Å². The molecule has 0 saturated carbocycles. The Bertz CT molecular complexity index is 442. The molecule has 1 atom stereocenters. The quantitative estimate of drug-likeness (QED) is 0.656. The van der Waals surface area contributed by atoms with Gasteiger partial charge in [0.2, 0.25) is 0 Å². The molecule has 1 aliphatic rings. The zero-order valence-electron chi connectivity index (χ0n) is 6.90. The second-order valence-corrected chi connectivity index (χ2v) is 5.27. The molecule has 0 saturated heterocycles. The van der Waals surface area contributed by atoms with Crippen molar-refractivity contribution in [1.29, 1.82) is 10.5 Å². The lowest BCUT2D eigenvalue weighted by Gasteiger charge is -1.98. The summed E-state index contributed by atoms with van der Waals surface area (Å²) < 4.78 is 10.7. The van der Waals surface area contributed by atoms with Crippen molar-refractivity contribution in [1.82, 2.24) is 0 Å². The van der Waals surface area contributed by atoms with Crippen LogP contribution in [0.5, 0.6) is 0 Å². The molecule has 13 heavy (non-hydrogen) atoms. The third kappa shape index (κ3) is 1.62. The van der Waals surface area contributed by atoms with Crippen molar-refractivity contribution >= 4 is 19.7 Å². The van der Waals surface area contributed by atoms with Crippen molar-refractivity contribution in [2.45, 2.75) is 13.3 Å². The van der Waals surface area contributed by atoms with E-state index in [9.17, 15) is 4.21 Å². The van der Waals surface area contributed by atoms with Gasteiger partial charge in [-0.15, -0.1) is 0 Å². The predicted octanol–water partition coefficient (Wildman–Crippen LogP) is 1.34. The molecular weight excluding hydrogens is 204 g/mol. The topological polar surface area (TPSA) is 64.7 Å². The molecule has 0 aromatic rings. The molecule has 0 aromatic heterocycles. The maximum absolute atomic E-state index is 10.7. The normalized spacial score (nSPS) is 20.5. The van der Waals surface area contributed by atoms with Crippen molar-refractivity contribution in [3.63, 3.8) is 0 Å². The lowest BCUT2D eigenvalue weighted by molar-refractivity contribution is 0.701. The summed E-state index contributed by atoms with van der Waals surface area (Å²) >= 11 is 0. The average molecular weight is 210 g/mol. The molecule has 0 amide bonds. The van der Waals surface area contributed by atoms with E-state index in [-0.39, 0.29) is 0 Å². The van der Waals surface area contributed by atoms with Crippen LogP contribution in [0.1, 0.15) is 13.3 Å². The Labute approximate surface area is 81.6 Å². The molecule has 0 fully saturated rings. The Hall–Kier alpha value is -1.17. The largest absolute Gasteiger partial charge is 0.205 e. The minimum absolute atomic E-state index is 0.395. The molecule has 5 heteroatoms. The van der Waals surface area contributed by atoms with Gasteiger partial charge in [0, 0.05) is 4.91 Å². The Morgan fingerprint density at radius 3 is 2.62 bits per heavy atom. The van der Waals surface area contributed by atoms with Gasteiger partial charge in [-0.05, 0) is 22.0 Å². The van der Waals surface area contributed by atoms with Crippen LogP contribution < -0.4 is 0 Å². The maximum atomic E-state index is 10.7. The number of rotatable bonds is 1. The number of hydrogen-bond acceptors (Lipinski definition) is 3. The number of allylic oxidation sites excluding steroid dienone is 4. The molecule has 0 radical (unpaired) electrons. The highest BCUT2D eigenvalue weighted by Gasteiger charge is 2.20. The first-order valence-corrected chi connectivity index (χ1v) is 6.06. The molecule has 1 aliphatic heterocycles. The second kappa shape index (κ2) is 4.18. The van der Waals surface area contributed by atoms with Crippen molar-refractivity contribution in [3.05, 3.63) is 21.5 Å². The van der Waals surface area contributed by atoms with Crippen LogP contribution in [0.25, 0.3) is 0 Å². The molecule has 66 valence electrons. The van der Waals surface area contributed by atoms with E-state index in [1.807, 2.05) is 19.1 Å². The van der Waals surface area contributed by atoms with Gasteiger partial charge >= 0.3 is 0 Å². The van der Waals surface area contributed by atoms with Crippen LogP contribution in [0, 0.1) is 22.7 Å². The Morgan fingerprint density at radius 1 is 1.54 bits per heavy atom. The molecule has 1 heterocycles. The van der Waals surface area contributed by atoms with Crippen LogP contribution in [0.3, 0.4) is 0 Å². The molecular formula is C8H6N2OS2. The fraction of sp³-hybridized carbons (Fsp3) is 0.250. The maximum Gasteiger partial charge on any atom is 0.130 e. The van der Waals surface area contributed by atoms with E-state index in [0.29, 0.717) is 27.1 Å². The van der Waals surface area contributed by atoms with Gasteiger partial charge in [-0.3, -0.25) is 0 Å². The summed E-state index contributed by atoms with van der Waals surface area (Å²) in [6, 6.07) is 3.95. The van der Waals surface area contributed by atoms with E-state index in [4.69, 9.17) is 10.5 Å². The highest BCUT2D eigenvalue weighted by atomic mass is 32.8. The lowest BCUT2D eigenvalue weighted by Crippen LogP contribution is -1.91. The lowest BCUT2D eigenvalue weighted by atomic mass is 10.2. The van der Waals surface area contributed by atoms with E-state index in [1.54, 1.807) is 0 Å². The summed E-state index contributed by atoms with van der Waals surface area (Å²) in [5.74, 6) is 0. The summed E-state index contributed by atoms with van der Waals surface area (Å²) in [5.41, 5.74) is 0.491. The molecule has 1 rings (SSSR count). The minimum atomic E-state index is -0.722. The Balaban J connectivity index is 3.34. The fourth-order valence-corrected chi connectivity index (χ4v) is 3.71. The zero-order valence-corrected chi connectivity index (χ0v) is 8.54. The Kier molecular flexibility index (Phi) is 3.18. The highest BCUT2D eigenvalue weighted by molar-refractivity contribution is 8.35. The van der Waals surface area contributed by atoms with Crippen molar-refractivity contribution in [2.24, 2.45) is 0 Å². The summed E-state index contributed by atoms with van der Waals surface area (Å²) in [6.45, 7) is 1.89. The molecule has 0 N–H and O–H groups in total. The number of nitrogens with zero attached hydrogens (tertiary/aromatic N) is 2. The highest BCUT2D eigenvalue weighted by Crippen LogP contribution is 2.28. The van der Waals surface area contributed by atoms with Crippen LogP contribution in [0.4, 0.5) is 0 Å². The van der Waals surface area contributed by atoms with Crippen molar-refractivity contribution in [3.8, 4) is 12.1 Å². The van der Waals surface area contributed by atoms with Crippen LogP contribution >= 0.6 is 0 Å². The molecule has 0 aliphatic carbocycles. The van der Waals surface area contributed by atoms with Gasteiger partial charge in [0.05, 0.1) is 10.5 Å². The SMILES string of the molecule is CCC1=C(C#N)C=C(C#N)S1=S=O. The summed E-state index contributed by atoms with van der Waals surface area (Å²) in [5, 5.41) is 17.4. The van der Waals surface area contributed by atoms with Gasteiger partial charge in [-0.2, -0.15) is 10.5 Å². The number of hydrogen-bond donors (Lipinski definition) is 0. The molecule has 1 unspecified atom stereocenters. The smallest absolute Gasteiger partial charge is 0.130 e. The summed E-state index contributed by atoms with van der Waals surface area (Å²) in [4.78, 5) is 1.23. The van der Waals surface area contributed by atoms with Crippen LogP contribution in [0.2, 0.25) is 0 Å². The molecule has 0 bridgehead atoms. The van der Waals surface area contributed by atoms with Crippen molar-refractivity contribution in [2.75, 3.05) is 0 Å². The molecule has 3 nitrogen and oxygen atoms in total. The van der Waals surface area contributed by atoms with Gasteiger partial charge < -0.3 is 0 Å². The standard InChI is InChI=1S/C8H6N2OS2/c1-2-8-6(4-9)3-7(5-10)13(8)12-11/h3H,2H2,1H3. The average Bonchev–Trinajstić information content (AvgIpc) is 2.54. The molecule has 0 aromatic carbocycles. The molecule has 0 spiro atoms. The first kappa shape index (κ1) is 9.91. The summed E-state index contributed by atoms with van der Waals surface area (Å²) in [6.07, 6.45) is 2.18. The first-order chi connectivity index (χ1) is 6.28. The summed E-state index contributed by atoms with van der Waals surface area (Å²) in [7, 11) is -0.327. The monoisotopic (exact) mass is 210 g/mol. The van der Waals surface area contributed by atoms with Gasteiger partial charge in [0.15, 0.2) is 0 Å². The minimum Gasteiger partial charge on any atom is -0.205 e. The van der Waals surface area contributed by atoms with Gasteiger partial charge in [0.1, 0.15) is 22.4 Å².